The molecule has 1 N–H and O–H groups in total. The summed E-state index contributed by atoms with van der Waals surface area (Å²) in [4.78, 5) is 1.43. The molecule has 1 atom stereocenters. The zero-order valence-electron chi connectivity index (χ0n) is 14.9. The first-order valence-corrected chi connectivity index (χ1v) is 8.39. The van der Waals surface area contributed by atoms with Crippen LogP contribution in [0.25, 0.3) is 0 Å². The van der Waals surface area contributed by atoms with E-state index in [2.05, 4.69) is 31.3 Å². The first kappa shape index (κ1) is 18.3. The molecule has 0 radical (unpaired) electrons. The average Bonchev–Trinajstić information content (AvgIpc) is 2.59. The summed E-state index contributed by atoms with van der Waals surface area (Å²) in [5.74, 6) is 1.53. The topological polar surface area (TPSA) is 32.1 Å². The predicted molar refractivity (Wildman–Crippen MR) is 95.9 cm³/mol. The summed E-state index contributed by atoms with van der Waals surface area (Å²) in [5.41, 5.74) is 2.50. The van der Waals surface area contributed by atoms with Crippen LogP contribution in [0.5, 0.6) is 11.5 Å². The van der Waals surface area contributed by atoms with E-state index in [1.165, 1.54) is 10.5 Å². The van der Waals surface area contributed by atoms with E-state index in [0.717, 1.165) is 36.8 Å². The van der Waals surface area contributed by atoms with E-state index in [1.807, 2.05) is 31.2 Å². The largest absolute Gasteiger partial charge is 0.493 e. The van der Waals surface area contributed by atoms with Gasteiger partial charge in [-0.3, -0.25) is 0 Å². The Hall–Kier alpha value is -2.04. The van der Waals surface area contributed by atoms with E-state index in [-0.39, 0.29) is 0 Å². The minimum absolute atomic E-state index is 0.525. The summed E-state index contributed by atoms with van der Waals surface area (Å²) in [5, 5.41) is 0. The quantitative estimate of drug-likeness (QED) is 0.677. The molecular formula is C20H28NO3+. The highest BCUT2D eigenvalue weighted by molar-refractivity contribution is 5.42. The van der Waals surface area contributed by atoms with Gasteiger partial charge in [0, 0.05) is 5.56 Å². The summed E-state index contributed by atoms with van der Waals surface area (Å²) in [6.45, 7) is 5.85. The molecule has 2 rings (SSSR count). The van der Waals surface area contributed by atoms with Crippen LogP contribution in [-0.4, -0.2) is 40.5 Å². The van der Waals surface area contributed by atoms with Gasteiger partial charge < -0.3 is 19.1 Å². The highest BCUT2D eigenvalue weighted by atomic mass is 16.5. The minimum Gasteiger partial charge on any atom is -0.493 e. The second-order valence-corrected chi connectivity index (χ2v) is 5.98. The Kier molecular flexibility index (Phi) is 7.59. The highest BCUT2D eigenvalue weighted by Gasteiger charge is 2.05. The van der Waals surface area contributed by atoms with Gasteiger partial charge in [0.2, 0.25) is 0 Å². The lowest BCUT2D eigenvalue weighted by Gasteiger charge is -2.14. The summed E-state index contributed by atoms with van der Waals surface area (Å²) >= 11 is 0. The number of hydrogen-bond donors (Lipinski definition) is 1. The third-order valence-corrected chi connectivity index (χ3v) is 3.83. The summed E-state index contributed by atoms with van der Waals surface area (Å²) in [7, 11) is 3.84. The second-order valence-electron chi connectivity index (χ2n) is 5.98. The highest BCUT2D eigenvalue weighted by Crippen LogP contribution is 2.27. The number of aryl methyl sites for hydroxylation is 1. The maximum atomic E-state index is 5.73. The Morgan fingerprint density at radius 2 is 1.71 bits per heavy atom. The number of hydrogen-bond acceptors (Lipinski definition) is 3. The minimum atomic E-state index is 0.525. The van der Waals surface area contributed by atoms with Crippen molar-refractivity contribution in [1.29, 1.82) is 0 Å². The van der Waals surface area contributed by atoms with Gasteiger partial charge in [-0.15, -0.1) is 0 Å². The molecule has 4 nitrogen and oxygen atoms in total. The standard InChI is InChI=1S/C20H27NO3/c1-17-9-10-19(20(15-17)22-3)24-14-13-23-12-11-21(2)16-18-7-5-4-6-8-18/h4-10,15H,11-14,16H2,1-3H3/p+1. The van der Waals surface area contributed by atoms with Crippen LogP contribution in [0.15, 0.2) is 48.5 Å². The Bertz CT molecular complexity index is 601. The van der Waals surface area contributed by atoms with E-state index < -0.39 is 0 Å². The van der Waals surface area contributed by atoms with E-state index in [4.69, 9.17) is 14.2 Å². The molecule has 1 unspecified atom stereocenters. The van der Waals surface area contributed by atoms with Gasteiger partial charge in [-0.25, -0.2) is 0 Å². The zero-order chi connectivity index (χ0) is 17.2. The van der Waals surface area contributed by atoms with Gasteiger partial charge in [0.15, 0.2) is 11.5 Å². The predicted octanol–water partition coefficient (Wildman–Crippen LogP) is 2.11. The number of benzene rings is 2. The van der Waals surface area contributed by atoms with Crippen LogP contribution in [-0.2, 0) is 11.3 Å². The van der Waals surface area contributed by atoms with Gasteiger partial charge in [0.05, 0.1) is 27.4 Å². The van der Waals surface area contributed by atoms with E-state index in [9.17, 15) is 0 Å². The summed E-state index contributed by atoms with van der Waals surface area (Å²) < 4.78 is 16.7. The molecule has 0 heterocycles. The first-order chi connectivity index (χ1) is 11.7. The molecule has 0 amide bonds. The van der Waals surface area contributed by atoms with Crippen molar-refractivity contribution in [3.05, 3.63) is 59.7 Å². The second kappa shape index (κ2) is 9.96. The molecule has 0 aromatic heterocycles. The van der Waals surface area contributed by atoms with Gasteiger partial charge in [0.25, 0.3) is 0 Å². The van der Waals surface area contributed by atoms with Crippen molar-refractivity contribution < 1.29 is 19.1 Å². The maximum Gasteiger partial charge on any atom is 0.161 e. The molecule has 0 aliphatic heterocycles. The van der Waals surface area contributed by atoms with Crippen LogP contribution >= 0.6 is 0 Å². The third kappa shape index (κ3) is 6.22. The van der Waals surface area contributed by atoms with Crippen LogP contribution in [0, 0.1) is 6.92 Å². The van der Waals surface area contributed by atoms with Crippen LogP contribution in [0.1, 0.15) is 11.1 Å². The lowest BCUT2D eigenvalue weighted by molar-refractivity contribution is -0.894. The number of ether oxygens (including phenoxy) is 3. The maximum absolute atomic E-state index is 5.73. The van der Waals surface area contributed by atoms with Crippen LogP contribution in [0.3, 0.4) is 0 Å². The molecule has 0 saturated heterocycles. The van der Waals surface area contributed by atoms with Crippen LogP contribution in [0.4, 0.5) is 0 Å². The fourth-order valence-corrected chi connectivity index (χ4v) is 2.49. The molecule has 0 aliphatic rings. The van der Waals surface area contributed by atoms with Crippen molar-refractivity contribution in [2.45, 2.75) is 13.5 Å². The summed E-state index contributed by atoms with van der Waals surface area (Å²) in [6, 6.07) is 16.4. The van der Waals surface area contributed by atoms with E-state index >= 15 is 0 Å². The molecule has 4 heteroatoms. The number of likely N-dealkylation sites (N-methyl/N-ethyl adjacent to an activating group) is 1. The van der Waals surface area contributed by atoms with E-state index in [1.54, 1.807) is 7.11 Å². The lowest BCUT2D eigenvalue weighted by atomic mass is 10.2. The van der Waals surface area contributed by atoms with Crippen molar-refractivity contribution in [3.63, 3.8) is 0 Å². The molecule has 0 spiro atoms. The van der Waals surface area contributed by atoms with Gasteiger partial charge in [0.1, 0.15) is 19.7 Å². The molecular weight excluding hydrogens is 302 g/mol. The number of quaternary nitrogens is 1. The van der Waals surface area contributed by atoms with Crippen molar-refractivity contribution in [2.24, 2.45) is 0 Å². The molecule has 130 valence electrons. The van der Waals surface area contributed by atoms with Crippen LogP contribution < -0.4 is 14.4 Å². The Morgan fingerprint density at radius 3 is 2.46 bits per heavy atom. The van der Waals surface area contributed by atoms with Gasteiger partial charge >= 0.3 is 0 Å². The monoisotopic (exact) mass is 330 g/mol. The Morgan fingerprint density at radius 1 is 0.917 bits per heavy atom. The van der Waals surface area contributed by atoms with Crippen LogP contribution in [0.2, 0.25) is 0 Å². The Balaban J connectivity index is 1.60. The number of methoxy groups -OCH3 is 1. The lowest BCUT2D eigenvalue weighted by Crippen LogP contribution is -3.08. The molecule has 0 saturated carbocycles. The van der Waals surface area contributed by atoms with Gasteiger partial charge in [-0.2, -0.15) is 0 Å². The van der Waals surface area contributed by atoms with Crippen molar-refractivity contribution >= 4 is 0 Å². The molecule has 0 aliphatic carbocycles. The molecule has 0 fully saturated rings. The Labute approximate surface area is 145 Å². The molecule has 2 aromatic carbocycles. The first-order valence-electron chi connectivity index (χ1n) is 8.39. The summed E-state index contributed by atoms with van der Waals surface area (Å²) in [6.07, 6.45) is 0. The zero-order valence-corrected chi connectivity index (χ0v) is 14.9. The molecule has 2 aromatic rings. The average molecular weight is 330 g/mol. The van der Waals surface area contributed by atoms with E-state index in [0.29, 0.717) is 13.2 Å². The fraction of sp³-hybridized carbons (Fsp3) is 0.400. The van der Waals surface area contributed by atoms with Crippen molar-refractivity contribution in [2.75, 3.05) is 40.5 Å². The third-order valence-electron chi connectivity index (χ3n) is 3.83. The fourth-order valence-electron chi connectivity index (χ4n) is 2.49. The number of nitrogens with one attached hydrogen (secondary N) is 1. The normalized spacial score (nSPS) is 12.0. The van der Waals surface area contributed by atoms with Crippen molar-refractivity contribution in [1.82, 2.24) is 0 Å². The van der Waals surface area contributed by atoms with Gasteiger partial charge in [-0.1, -0.05) is 36.4 Å². The smallest absolute Gasteiger partial charge is 0.161 e. The van der Waals surface area contributed by atoms with Gasteiger partial charge in [-0.05, 0) is 24.6 Å². The molecule has 24 heavy (non-hydrogen) atoms. The SMILES string of the molecule is COc1cc(C)ccc1OCCOCC[NH+](C)Cc1ccccc1. The van der Waals surface area contributed by atoms with Crippen molar-refractivity contribution in [3.8, 4) is 11.5 Å². The molecule has 0 bridgehead atoms. The number of rotatable bonds is 10.